The predicted octanol–water partition coefficient (Wildman–Crippen LogP) is 2.64. The highest BCUT2D eigenvalue weighted by Crippen LogP contribution is 2.06. The normalized spacial score (nSPS) is 10.5. The van der Waals surface area contributed by atoms with Crippen molar-refractivity contribution < 1.29 is 9.90 Å². The maximum Gasteiger partial charge on any atom is 0.303 e. The molecule has 0 fully saturated rings. The highest BCUT2D eigenvalue weighted by atomic mass is 16.4. The van der Waals surface area contributed by atoms with Gasteiger partial charge in [-0.15, -0.1) is 0 Å². The fourth-order valence-corrected chi connectivity index (χ4v) is 1.88. The summed E-state index contributed by atoms with van der Waals surface area (Å²) in [7, 11) is 0. The molecule has 3 heteroatoms. The monoisotopic (exact) mass is 249 g/mol. The first-order chi connectivity index (χ1) is 8.72. The average molecular weight is 249 g/mol. The van der Waals surface area contributed by atoms with Gasteiger partial charge in [0.05, 0.1) is 0 Å². The number of nitrogens with one attached hydrogen (secondary N) is 1. The molecule has 0 aromatic heterocycles. The molecule has 0 aliphatic carbocycles. The van der Waals surface area contributed by atoms with Crippen LogP contribution in [-0.4, -0.2) is 24.2 Å². The minimum atomic E-state index is -0.719. The number of hydrogen-bond donors (Lipinski definition) is 2. The molecule has 0 radical (unpaired) electrons. The fraction of sp³-hybridized carbons (Fsp3) is 0.533. The maximum absolute atomic E-state index is 10.3. The van der Waals surface area contributed by atoms with Crippen LogP contribution >= 0.6 is 0 Å². The van der Waals surface area contributed by atoms with E-state index in [0.29, 0.717) is 6.42 Å². The van der Waals surface area contributed by atoms with E-state index < -0.39 is 5.97 Å². The second kappa shape index (κ2) is 8.70. The molecule has 0 saturated carbocycles. The number of benzene rings is 1. The average Bonchev–Trinajstić information content (AvgIpc) is 2.35. The molecule has 18 heavy (non-hydrogen) atoms. The van der Waals surface area contributed by atoms with Crippen LogP contribution in [0, 0.1) is 0 Å². The summed E-state index contributed by atoms with van der Waals surface area (Å²) in [5, 5.41) is 11.8. The molecule has 0 atom stereocenters. The summed E-state index contributed by atoms with van der Waals surface area (Å²) >= 11 is 0. The summed E-state index contributed by atoms with van der Waals surface area (Å²) < 4.78 is 0. The van der Waals surface area contributed by atoms with Gasteiger partial charge in [0.15, 0.2) is 0 Å². The van der Waals surface area contributed by atoms with Crippen LogP contribution < -0.4 is 5.32 Å². The van der Waals surface area contributed by atoms with E-state index in [1.54, 1.807) is 0 Å². The second-order valence-corrected chi connectivity index (χ2v) is 4.56. The predicted molar refractivity (Wildman–Crippen MR) is 73.9 cm³/mol. The Morgan fingerprint density at radius 2 is 1.72 bits per heavy atom. The van der Waals surface area contributed by atoms with E-state index in [1.807, 2.05) is 0 Å². The molecule has 0 amide bonds. The molecule has 0 unspecified atom stereocenters. The minimum absolute atomic E-state index is 0.249. The lowest BCUT2D eigenvalue weighted by Crippen LogP contribution is -2.19. The van der Waals surface area contributed by atoms with E-state index >= 15 is 0 Å². The molecule has 1 aromatic carbocycles. The van der Waals surface area contributed by atoms with E-state index in [4.69, 9.17) is 5.11 Å². The van der Waals surface area contributed by atoms with Crippen LogP contribution in [0.3, 0.4) is 0 Å². The zero-order valence-corrected chi connectivity index (χ0v) is 11.1. The molecular formula is C15H23NO2. The van der Waals surface area contributed by atoms with Crippen LogP contribution in [0.2, 0.25) is 0 Å². The van der Waals surface area contributed by atoms with E-state index in [9.17, 15) is 4.79 Å². The van der Waals surface area contributed by atoms with Gasteiger partial charge in [-0.1, -0.05) is 37.6 Å². The zero-order chi connectivity index (χ0) is 13.2. The SMILES string of the molecule is CCCc1ccc(CCNCCCC(=O)O)cc1. The molecule has 3 nitrogen and oxygen atoms in total. The number of carboxylic acids is 1. The van der Waals surface area contributed by atoms with Crippen molar-refractivity contribution in [1.82, 2.24) is 5.32 Å². The van der Waals surface area contributed by atoms with Gasteiger partial charge in [-0.2, -0.15) is 0 Å². The molecule has 100 valence electrons. The number of carboxylic acid groups (broad SMARTS) is 1. The van der Waals surface area contributed by atoms with Crippen molar-refractivity contribution in [2.45, 2.75) is 39.0 Å². The smallest absolute Gasteiger partial charge is 0.303 e. The summed E-state index contributed by atoms with van der Waals surface area (Å²) in [6.45, 7) is 3.88. The van der Waals surface area contributed by atoms with Crippen LogP contribution in [0.4, 0.5) is 0 Å². The Morgan fingerprint density at radius 1 is 1.11 bits per heavy atom. The molecule has 1 rings (SSSR count). The van der Waals surface area contributed by atoms with Gasteiger partial charge in [0, 0.05) is 6.42 Å². The first-order valence-corrected chi connectivity index (χ1v) is 6.72. The van der Waals surface area contributed by atoms with Crippen LogP contribution in [-0.2, 0) is 17.6 Å². The standard InChI is InChI=1S/C15H23NO2/c1-2-4-13-6-8-14(9-7-13)10-12-16-11-3-5-15(17)18/h6-9,16H,2-5,10-12H2,1H3,(H,17,18). The highest BCUT2D eigenvalue weighted by molar-refractivity contribution is 5.66. The number of hydrogen-bond acceptors (Lipinski definition) is 2. The van der Waals surface area contributed by atoms with Crippen molar-refractivity contribution in [3.63, 3.8) is 0 Å². The van der Waals surface area contributed by atoms with Crippen LogP contribution in [0.5, 0.6) is 0 Å². The summed E-state index contributed by atoms with van der Waals surface area (Å²) in [6, 6.07) is 8.76. The van der Waals surface area contributed by atoms with E-state index in [-0.39, 0.29) is 6.42 Å². The van der Waals surface area contributed by atoms with Crippen molar-refractivity contribution in [3.05, 3.63) is 35.4 Å². The molecular weight excluding hydrogens is 226 g/mol. The lowest BCUT2D eigenvalue weighted by Gasteiger charge is -2.05. The topological polar surface area (TPSA) is 49.3 Å². The van der Waals surface area contributed by atoms with E-state index in [2.05, 4.69) is 36.5 Å². The molecule has 0 bridgehead atoms. The Kier molecular flexibility index (Phi) is 7.11. The van der Waals surface area contributed by atoms with Crippen LogP contribution in [0.1, 0.15) is 37.3 Å². The Bertz CT molecular complexity index is 346. The zero-order valence-electron chi connectivity index (χ0n) is 11.1. The molecule has 0 aliphatic heterocycles. The van der Waals surface area contributed by atoms with Gasteiger partial charge in [0.1, 0.15) is 0 Å². The van der Waals surface area contributed by atoms with Gasteiger partial charge in [-0.3, -0.25) is 4.79 Å². The van der Waals surface area contributed by atoms with Crippen molar-refractivity contribution in [1.29, 1.82) is 0 Å². The Labute approximate surface area is 109 Å². The Hall–Kier alpha value is -1.35. The van der Waals surface area contributed by atoms with Crippen molar-refractivity contribution in [3.8, 4) is 0 Å². The fourth-order valence-electron chi connectivity index (χ4n) is 1.88. The van der Waals surface area contributed by atoms with E-state index in [1.165, 1.54) is 17.5 Å². The first kappa shape index (κ1) is 14.7. The van der Waals surface area contributed by atoms with Crippen molar-refractivity contribution >= 4 is 5.97 Å². The van der Waals surface area contributed by atoms with Crippen LogP contribution in [0.25, 0.3) is 0 Å². The summed E-state index contributed by atoms with van der Waals surface area (Å²) in [5.74, 6) is -0.719. The number of rotatable bonds is 9. The Balaban J connectivity index is 2.13. The second-order valence-electron chi connectivity index (χ2n) is 4.56. The molecule has 0 heterocycles. The van der Waals surface area contributed by atoms with Gasteiger partial charge in [-0.25, -0.2) is 0 Å². The number of carbonyl (C=O) groups is 1. The summed E-state index contributed by atoms with van der Waals surface area (Å²) in [4.78, 5) is 10.3. The van der Waals surface area contributed by atoms with Gasteiger partial charge < -0.3 is 10.4 Å². The molecule has 0 aliphatic rings. The van der Waals surface area contributed by atoms with Crippen molar-refractivity contribution in [2.24, 2.45) is 0 Å². The molecule has 0 saturated heterocycles. The molecule has 0 spiro atoms. The summed E-state index contributed by atoms with van der Waals surface area (Å²) in [6.07, 6.45) is 4.28. The molecule has 2 N–H and O–H groups in total. The third kappa shape index (κ3) is 6.40. The lowest BCUT2D eigenvalue weighted by atomic mass is 10.1. The third-order valence-electron chi connectivity index (χ3n) is 2.90. The van der Waals surface area contributed by atoms with E-state index in [0.717, 1.165) is 25.9 Å². The molecule has 1 aromatic rings. The van der Waals surface area contributed by atoms with Gasteiger partial charge in [0.25, 0.3) is 0 Å². The minimum Gasteiger partial charge on any atom is -0.481 e. The quantitative estimate of drug-likeness (QED) is 0.661. The van der Waals surface area contributed by atoms with Crippen molar-refractivity contribution in [2.75, 3.05) is 13.1 Å². The van der Waals surface area contributed by atoms with Gasteiger partial charge in [0.2, 0.25) is 0 Å². The van der Waals surface area contributed by atoms with Crippen LogP contribution in [0.15, 0.2) is 24.3 Å². The Morgan fingerprint density at radius 3 is 2.28 bits per heavy atom. The van der Waals surface area contributed by atoms with Gasteiger partial charge >= 0.3 is 5.97 Å². The highest BCUT2D eigenvalue weighted by Gasteiger charge is 1.97. The third-order valence-corrected chi connectivity index (χ3v) is 2.90. The summed E-state index contributed by atoms with van der Waals surface area (Å²) in [5.41, 5.74) is 2.73. The van der Waals surface area contributed by atoms with Gasteiger partial charge in [-0.05, 0) is 43.5 Å². The lowest BCUT2D eigenvalue weighted by molar-refractivity contribution is -0.137. The first-order valence-electron chi connectivity index (χ1n) is 6.72. The maximum atomic E-state index is 10.3. The number of aryl methyl sites for hydroxylation is 1. The number of aliphatic carboxylic acids is 1. The largest absolute Gasteiger partial charge is 0.481 e.